The first-order valence-electron chi connectivity index (χ1n) is 4.43. The minimum atomic E-state index is 0.641. The van der Waals surface area contributed by atoms with Gasteiger partial charge < -0.3 is 5.73 Å². The Hall–Kier alpha value is -1.58. The third kappa shape index (κ3) is 0.983. The van der Waals surface area contributed by atoms with E-state index >= 15 is 0 Å². The zero-order valence-corrected chi connectivity index (χ0v) is 7.14. The first kappa shape index (κ1) is 6.88. The Morgan fingerprint density at radius 2 is 2.23 bits per heavy atom. The molecule has 0 radical (unpaired) electrons. The number of nitrogens with zero attached hydrogens (tertiary/aromatic N) is 3. The van der Waals surface area contributed by atoms with Crippen LogP contribution in [-0.4, -0.2) is 14.6 Å². The van der Waals surface area contributed by atoms with Gasteiger partial charge in [0.05, 0.1) is 11.9 Å². The minimum absolute atomic E-state index is 0.641. The van der Waals surface area contributed by atoms with Crippen LogP contribution in [0.25, 0.3) is 5.65 Å². The average molecular weight is 174 g/mol. The highest BCUT2D eigenvalue weighted by Crippen LogP contribution is 2.39. The summed E-state index contributed by atoms with van der Waals surface area (Å²) in [6, 6.07) is 0. The van der Waals surface area contributed by atoms with Gasteiger partial charge in [0.2, 0.25) is 0 Å². The van der Waals surface area contributed by atoms with Crippen LogP contribution in [0, 0.1) is 0 Å². The molecule has 0 saturated heterocycles. The van der Waals surface area contributed by atoms with Crippen molar-refractivity contribution in [1.82, 2.24) is 14.6 Å². The second-order valence-corrected chi connectivity index (χ2v) is 3.53. The van der Waals surface area contributed by atoms with Crippen molar-refractivity contribution in [2.75, 3.05) is 5.73 Å². The highest BCUT2D eigenvalue weighted by atomic mass is 15.2. The molecule has 0 aromatic carbocycles. The highest BCUT2D eigenvalue weighted by Gasteiger charge is 2.24. The summed E-state index contributed by atoms with van der Waals surface area (Å²) >= 11 is 0. The SMILES string of the molecule is Nc1cnn2cc(C3CC3)cnc12. The molecule has 66 valence electrons. The first-order valence-corrected chi connectivity index (χ1v) is 4.43. The molecule has 13 heavy (non-hydrogen) atoms. The molecule has 3 rings (SSSR count). The van der Waals surface area contributed by atoms with E-state index in [4.69, 9.17) is 5.73 Å². The van der Waals surface area contributed by atoms with Crippen LogP contribution in [0.5, 0.6) is 0 Å². The van der Waals surface area contributed by atoms with Gasteiger partial charge in [-0.3, -0.25) is 0 Å². The zero-order chi connectivity index (χ0) is 8.84. The van der Waals surface area contributed by atoms with Gasteiger partial charge in [-0.1, -0.05) is 0 Å². The van der Waals surface area contributed by atoms with Crippen molar-refractivity contribution in [1.29, 1.82) is 0 Å². The molecule has 0 spiro atoms. The van der Waals surface area contributed by atoms with Gasteiger partial charge in [0, 0.05) is 12.4 Å². The van der Waals surface area contributed by atoms with Gasteiger partial charge in [-0.25, -0.2) is 9.50 Å². The van der Waals surface area contributed by atoms with Crippen LogP contribution in [0.2, 0.25) is 0 Å². The lowest BCUT2D eigenvalue weighted by Gasteiger charge is -1.98. The van der Waals surface area contributed by atoms with E-state index in [9.17, 15) is 0 Å². The molecular formula is C9H10N4. The van der Waals surface area contributed by atoms with Crippen molar-refractivity contribution >= 4 is 11.3 Å². The van der Waals surface area contributed by atoms with Gasteiger partial charge in [0.25, 0.3) is 0 Å². The standard InChI is InChI=1S/C9H10N4/c10-8-4-12-13-5-7(6-1-2-6)3-11-9(8)13/h3-6H,1-2,10H2. The number of hydrogen-bond acceptors (Lipinski definition) is 3. The van der Waals surface area contributed by atoms with Crippen LogP contribution >= 0.6 is 0 Å². The summed E-state index contributed by atoms with van der Waals surface area (Å²) in [5.74, 6) is 0.710. The van der Waals surface area contributed by atoms with Crippen molar-refractivity contribution in [2.24, 2.45) is 0 Å². The molecule has 2 N–H and O–H groups in total. The Morgan fingerprint density at radius 1 is 1.38 bits per heavy atom. The third-order valence-electron chi connectivity index (χ3n) is 2.45. The molecule has 4 nitrogen and oxygen atoms in total. The Bertz CT molecular complexity index is 456. The zero-order valence-electron chi connectivity index (χ0n) is 7.14. The Balaban J connectivity index is 2.21. The first-order chi connectivity index (χ1) is 6.34. The van der Waals surface area contributed by atoms with Crippen LogP contribution in [0.3, 0.4) is 0 Å². The third-order valence-corrected chi connectivity index (χ3v) is 2.45. The van der Waals surface area contributed by atoms with E-state index < -0.39 is 0 Å². The molecule has 1 aliphatic rings. The summed E-state index contributed by atoms with van der Waals surface area (Å²) < 4.78 is 1.75. The second kappa shape index (κ2) is 2.22. The molecule has 4 heteroatoms. The Morgan fingerprint density at radius 3 is 3.00 bits per heavy atom. The summed E-state index contributed by atoms with van der Waals surface area (Å²) in [4.78, 5) is 4.28. The normalized spacial score (nSPS) is 16.6. The molecule has 2 aromatic heterocycles. The van der Waals surface area contributed by atoms with Gasteiger partial charge in [-0.05, 0) is 24.3 Å². The molecule has 1 saturated carbocycles. The fourth-order valence-corrected chi connectivity index (χ4v) is 1.53. The van der Waals surface area contributed by atoms with E-state index in [-0.39, 0.29) is 0 Å². The van der Waals surface area contributed by atoms with Crippen molar-refractivity contribution < 1.29 is 0 Å². The van der Waals surface area contributed by atoms with Crippen LogP contribution in [0.1, 0.15) is 24.3 Å². The smallest absolute Gasteiger partial charge is 0.178 e. The quantitative estimate of drug-likeness (QED) is 0.706. The maximum absolute atomic E-state index is 5.67. The van der Waals surface area contributed by atoms with Crippen molar-refractivity contribution in [2.45, 2.75) is 18.8 Å². The summed E-state index contributed by atoms with van der Waals surface area (Å²) in [5, 5.41) is 4.12. The highest BCUT2D eigenvalue weighted by molar-refractivity contribution is 5.62. The fraction of sp³-hybridized carbons (Fsp3) is 0.333. The number of hydrogen-bond donors (Lipinski definition) is 1. The van der Waals surface area contributed by atoms with Gasteiger partial charge in [0.15, 0.2) is 5.65 Å². The summed E-state index contributed by atoms with van der Waals surface area (Å²) in [6.07, 6.45) is 8.13. The summed E-state index contributed by atoms with van der Waals surface area (Å²) in [6.45, 7) is 0. The number of anilines is 1. The molecular weight excluding hydrogens is 164 g/mol. The van der Waals surface area contributed by atoms with Crippen LogP contribution in [0.4, 0.5) is 5.69 Å². The van der Waals surface area contributed by atoms with E-state index in [2.05, 4.69) is 10.1 Å². The molecule has 2 aromatic rings. The maximum Gasteiger partial charge on any atom is 0.178 e. The molecule has 2 heterocycles. The Labute approximate surface area is 75.4 Å². The van der Waals surface area contributed by atoms with Crippen molar-refractivity contribution in [3.63, 3.8) is 0 Å². The van der Waals surface area contributed by atoms with E-state index in [1.54, 1.807) is 10.7 Å². The predicted octanol–water partition coefficient (Wildman–Crippen LogP) is 1.19. The van der Waals surface area contributed by atoms with Gasteiger partial charge in [-0.2, -0.15) is 5.10 Å². The number of rotatable bonds is 1. The van der Waals surface area contributed by atoms with Crippen LogP contribution in [0.15, 0.2) is 18.6 Å². The molecule has 1 fully saturated rings. The van der Waals surface area contributed by atoms with Crippen LogP contribution < -0.4 is 5.73 Å². The minimum Gasteiger partial charge on any atom is -0.394 e. The molecule has 0 atom stereocenters. The lowest BCUT2D eigenvalue weighted by atomic mass is 10.2. The number of fused-ring (bicyclic) bond motifs is 1. The molecule has 1 aliphatic carbocycles. The van der Waals surface area contributed by atoms with Gasteiger partial charge >= 0.3 is 0 Å². The van der Waals surface area contributed by atoms with Gasteiger partial charge in [-0.15, -0.1) is 0 Å². The fourth-order valence-electron chi connectivity index (χ4n) is 1.53. The maximum atomic E-state index is 5.67. The van der Waals surface area contributed by atoms with Crippen LogP contribution in [-0.2, 0) is 0 Å². The lowest BCUT2D eigenvalue weighted by Crippen LogP contribution is -1.94. The number of aromatic nitrogens is 3. The second-order valence-electron chi connectivity index (χ2n) is 3.53. The van der Waals surface area contributed by atoms with Crippen molar-refractivity contribution in [3.8, 4) is 0 Å². The molecule has 0 bridgehead atoms. The van der Waals surface area contributed by atoms with Crippen molar-refractivity contribution in [3.05, 3.63) is 24.2 Å². The molecule has 0 unspecified atom stereocenters. The Kier molecular flexibility index (Phi) is 1.17. The topological polar surface area (TPSA) is 56.2 Å². The monoisotopic (exact) mass is 174 g/mol. The number of nitrogen functional groups attached to an aromatic ring is 1. The van der Waals surface area contributed by atoms with E-state index in [1.165, 1.54) is 18.4 Å². The van der Waals surface area contributed by atoms with Gasteiger partial charge in [0.1, 0.15) is 0 Å². The number of nitrogens with two attached hydrogens (primary N) is 1. The summed E-state index contributed by atoms with van der Waals surface area (Å²) in [7, 11) is 0. The molecule has 0 amide bonds. The largest absolute Gasteiger partial charge is 0.394 e. The lowest BCUT2D eigenvalue weighted by molar-refractivity contribution is 0.907. The van der Waals surface area contributed by atoms with E-state index in [1.807, 2.05) is 12.4 Å². The van der Waals surface area contributed by atoms with E-state index in [0.717, 1.165) is 5.65 Å². The molecule has 0 aliphatic heterocycles. The predicted molar refractivity (Wildman–Crippen MR) is 49.4 cm³/mol. The summed E-state index contributed by atoms with van der Waals surface area (Å²) in [5.41, 5.74) is 8.34. The van der Waals surface area contributed by atoms with E-state index in [0.29, 0.717) is 11.6 Å². The average Bonchev–Trinajstić information content (AvgIpc) is 2.93.